The molecule has 1 aromatic rings. The fourth-order valence-electron chi connectivity index (χ4n) is 2.52. The van der Waals surface area contributed by atoms with Crippen LogP contribution in [-0.2, 0) is 16.0 Å². The van der Waals surface area contributed by atoms with Gasteiger partial charge in [-0.05, 0) is 13.8 Å². The summed E-state index contributed by atoms with van der Waals surface area (Å²) in [5, 5.41) is 10.2. The predicted octanol–water partition coefficient (Wildman–Crippen LogP) is 0.674. The van der Waals surface area contributed by atoms with Crippen LogP contribution < -0.4 is 0 Å². The van der Waals surface area contributed by atoms with Crippen LogP contribution in [0.15, 0.2) is 12.4 Å². The zero-order valence-corrected chi connectivity index (χ0v) is 12.4. The molecule has 2 heterocycles. The van der Waals surface area contributed by atoms with Crippen molar-refractivity contribution in [2.75, 3.05) is 39.5 Å². The topological polar surface area (TPSA) is 59.8 Å². The van der Waals surface area contributed by atoms with Gasteiger partial charge in [0.05, 0.1) is 25.9 Å². The van der Waals surface area contributed by atoms with Crippen LogP contribution in [0.4, 0.5) is 0 Å². The lowest BCUT2D eigenvalue weighted by atomic mass is 10.3. The van der Waals surface area contributed by atoms with Crippen LogP contribution >= 0.6 is 0 Å². The molecular weight excluding hydrogens is 258 g/mol. The molecule has 6 heteroatoms. The van der Waals surface area contributed by atoms with E-state index in [1.54, 1.807) is 6.20 Å². The third kappa shape index (κ3) is 4.28. The molecule has 0 aromatic carbocycles. The minimum atomic E-state index is -0.408. The highest BCUT2D eigenvalue weighted by Gasteiger charge is 2.18. The molecule has 1 N–H and O–H groups in total. The first kappa shape index (κ1) is 15.4. The molecule has 114 valence electrons. The molecule has 2 rings (SSSR count). The zero-order chi connectivity index (χ0) is 14.4. The third-order valence-electron chi connectivity index (χ3n) is 3.51. The van der Waals surface area contributed by atoms with Crippen LogP contribution in [0.5, 0.6) is 0 Å². The Balaban J connectivity index is 1.87. The first-order valence-corrected chi connectivity index (χ1v) is 7.31. The summed E-state index contributed by atoms with van der Waals surface area (Å²) in [6.45, 7) is 9.12. The molecule has 6 nitrogen and oxygen atoms in total. The molecule has 1 saturated heterocycles. The van der Waals surface area contributed by atoms with Gasteiger partial charge in [0.1, 0.15) is 11.9 Å². The summed E-state index contributed by atoms with van der Waals surface area (Å²) in [5.41, 5.74) is 0. The highest BCUT2D eigenvalue weighted by molar-refractivity contribution is 4.96. The molecule has 0 amide bonds. The van der Waals surface area contributed by atoms with Gasteiger partial charge in [0.2, 0.25) is 0 Å². The smallest absolute Gasteiger partial charge is 0.137 e. The van der Waals surface area contributed by atoms with Crippen LogP contribution in [0.1, 0.15) is 25.8 Å². The second kappa shape index (κ2) is 7.73. The number of hydrogen-bond donors (Lipinski definition) is 1. The quantitative estimate of drug-likeness (QED) is 0.797. The van der Waals surface area contributed by atoms with E-state index < -0.39 is 6.10 Å². The Morgan fingerprint density at radius 2 is 2.15 bits per heavy atom. The van der Waals surface area contributed by atoms with Crippen molar-refractivity contribution in [3.05, 3.63) is 18.2 Å². The molecule has 0 bridgehead atoms. The van der Waals surface area contributed by atoms with Crippen molar-refractivity contribution in [2.45, 2.75) is 32.6 Å². The number of hydrogen-bond acceptors (Lipinski definition) is 5. The number of aromatic nitrogens is 2. The maximum absolute atomic E-state index is 10.2. The lowest BCUT2D eigenvalue weighted by molar-refractivity contribution is 0.0103. The number of ether oxygens (including phenoxy) is 2. The average molecular weight is 283 g/mol. The molecular formula is C14H25N3O3. The van der Waals surface area contributed by atoms with Crippen LogP contribution in [0.25, 0.3) is 0 Å². The van der Waals surface area contributed by atoms with E-state index in [0.29, 0.717) is 19.7 Å². The number of rotatable bonds is 7. The second-order valence-electron chi connectivity index (χ2n) is 5.10. The molecule has 2 unspecified atom stereocenters. The van der Waals surface area contributed by atoms with Gasteiger partial charge in [-0.15, -0.1) is 0 Å². The van der Waals surface area contributed by atoms with Gasteiger partial charge in [0.25, 0.3) is 0 Å². The molecule has 0 spiro atoms. The fourth-order valence-corrected chi connectivity index (χ4v) is 2.52. The summed E-state index contributed by atoms with van der Waals surface area (Å²) in [7, 11) is 0. The maximum atomic E-state index is 10.2. The lowest BCUT2D eigenvalue weighted by Crippen LogP contribution is -2.42. The monoisotopic (exact) mass is 283 g/mol. The van der Waals surface area contributed by atoms with Crippen molar-refractivity contribution in [3.8, 4) is 0 Å². The summed E-state index contributed by atoms with van der Waals surface area (Å²) in [4.78, 5) is 6.56. The van der Waals surface area contributed by atoms with E-state index in [-0.39, 0.29) is 6.10 Å². The first-order valence-electron chi connectivity index (χ1n) is 7.31. The largest absolute Gasteiger partial charge is 0.390 e. The van der Waals surface area contributed by atoms with Crippen LogP contribution in [0, 0.1) is 0 Å². The van der Waals surface area contributed by atoms with Gasteiger partial charge in [-0.3, -0.25) is 4.90 Å². The predicted molar refractivity (Wildman–Crippen MR) is 75.5 cm³/mol. The van der Waals surface area contributed by atoms with Gasteiger partial charge in [-0.25, -0.2) is 4.98 Å². The van der Waals surface area contributed by atoms with Crippen LogP contribution in [0.3, 0.4) is 0 Å². The Morgan fingerprint density at radius 3 is 2.85 bits per heavy atom. The minimum Gasteiger partial charge on any atom is -0.390 e. The van der Waals surface area contributed by atoms with Gasteiger partial charge in [-0.1, -0.05) is 0 Å². The highest BCUT2D eigenvalue weighted by atomic mass is 16.5. The van der Waals surface area contributed by atoms with E-state index >= 15 is 0 Å². The van der Waals surface area contributed by atoms with Crippen molar-refractivity contribution in [3.63, 3.8) is 0 Å². The number of imidazole rings is 1. The maximum Gasteiger partial charge on any atom is 0.137 e. The summed E-state index contributed by atoms with van der Waals surface area (Å²) in [6, 6.07) is 0. The van der Waals surface area contributed by atoms with Crippen molar-refractivity contribution in [2.24, 2.45) is 0 Å². The van der Waals surface area contributed by atoms with Gasteiger partial charge < -0.3 is 19.1 Å². The fraction of sp³-hybridized carbons (Fsp3) is 0.786. The Morgan fingerprint density at radius 1 is 1.40 bits per heavy atom. The molecule has 1 aliphatic rings. The van der Waals surface area contributed by atoms with E-state index in [1.165, 1.54) is 0 Å². The van der Waals surface area contributed by atoms with Crippen molar-refractivity contribution in [1.29, 1.82) is 0 Å². The van der Waals surface area contributed by atoms with E-state index in [9.17, 15) is 5.11 Å². The zero-order valence-electron chi connectivity index (χ0n) is 12.4. The number of nitrogens with zero attached hydrogens (tertiary/aromatic N) is 3. The molecule has 2 atom stereocenters. The van der Waals surface area contributed by atoms with Gasteiger partial charge in [0.15, 0.2) is 0 Å². The van der Waals surface area contributed by atoms with Crippen molar-refractivity contribution < 1.29 is 14.6 Å². The SMILES string of the molecule is CCOC(C)c1nccn1CC(O)CN1CCOCC1. The summed E-state index contributed by atoms with van der Waals surface area (Å²) >= 11 is 0. The highest BCUT2D eigenvalue weighted by Crippen LogP contribution is 2.15. The molecule has 0 aliphatic carbocycles. The number of aliphatic hydroxyl groups excluding tert-OH is 1. The minimum absolute atomic E-state index is 0.0504. The summed E-state index contributed by atoms with van der Waals surface area (Å²) < 4.78 is 12.9. The van der Waals surface area contributed by atoms with Gasteiger partial charge in [-0.2, -0.15) is 0 Å². The second-order valence-corrected chi connectivity index (χ2v) is 5.10. The van der Waals surface area contributed by atoms with E-state index in [2.05, 4.69) is 9.88 Å². The Bertz CT molecular complexity index is 391. The van der Waals surface area contributed by atoms with Gasteiger partial charge >= 0.3 is 0 Å². The van der Waals surface area contributed by atoms with E-state index in [0.717, 1.165) is 32.1 Å². The average Bonchev–Trinajstić information content (AvgIpc) is 2.88. The molecule has 20 heavy (non-hydrogen) atoms. The molecule has 0 saturated carbocycles. The first-order chi connectivity index (χ1) is 9.70. The lowest BCUT2D eigenvalue weighted by Gasteiger charge is -2.29. The van der Waals surface area contributed by atoms with Crippen molar-refractivity contribution >= 4 is 0 Å². The molecule has 1 aliphatic heterocycles. The molecule has 0 radical (unpaired) electrons. The summed E-state index contributed by atoms with van der Waals surface area (Å²) in [6.07, 6.45) is 3.19. The van der Waals surface area contributed by atoms with Crippen molar-refractivity contribution in [1.82, 2.24) is 14.5 Å². The van der Waals surface area contributed by atoms with Crippen LogP contribution in [0.2, 0.25) is 0 Å². The number of aliphatic hydroxyl groups is 1. The normalized spacial score (nSPS) is 19.9. The van der Waals surface area contributed by atoms with Crippen LogP contribution in [-0.4, -0.2) is 65.1 Å². The van der Waals surface area contributed by atoms with E-state index in [4.69, 9.17) is 9.47 Å². The Kier molecular flexibility index (Phi) is 5.97. The van der Waals surface area contributed by atoms with E-state index in [1.807, 2.05) is 24.6 Å². The molecule has 1 aromatic heterocycles. The standard InChI is InChI=1S/C14H25N3O3/c1-3-20-12(2)14-15-4-5-17(14)11-13(18)10-16-6-8-19-9-7-16/h4-5,12-13,18H,3,6-11H2,1-2H3. The van der Waals surface area contributed by atoms with Gasteiger partial charge in [0, 0.05) is 38.6 Å². The molecule has 1 fully saturated rings. The number of β-amino-alcohol motifs (C(OH)–C–C–N with tert-alkyl or cyclic N) is 1. The summed E-state index contributed by atoms with van der Waals surface area (Å²) in [5.74, 6) is 0.868. The Labute approximate surface area is 120 Å². The number of morpholine rings is 1. The Hall–Kier alpha value is -0.950. The third-order valence-corrected chi connectivity index (χ3v) is 3.51.